The van der Waals surface area contributed by atoms with Crippen molar-refractivity contribution in [2.75, 3.05) is 19.6 Å². The fourth-order valence-corrected chi connectivity index (χ4v) is 3.62. The number of benzene rings is 1. The lowest BCUT2D eigenvalue weighted by Gasteiger charge is -2.20. The Morgan fingerprint density at radius 2 is 1.73 bits per heavy atom. The van der Waals surface area contributed by atoms with Crippen LogP contribution < -0.4 is 5.32 Å². The van der Waals surface area contributed by atoms with E-state index in [4.69, 9.17) is 0 Å². The van der Waals surface area contributed by atoms with Crippen LogP contribution in [0.5, 0.6) is 0 Å². The third-order valence-electron chi connectivity index (χ3n) is 5.18. The van der Waals surface area contributed by atoms with Gasteiger partial charge >= 0.3 is 6.03 Å². The number of carbonyl (C=O) groups excluding carboxylic acids is 3. The van der Waals surface area contributed by atoms with Crippen molar-refractivity contribution in [3.63, 3.8) is 0 Å². The van der Waals surface area contributed by atoms with Gasteiger partial charge < -0.3 is 10.2 Å². The van der Waals surface area contributed by atoms with Crippen molar-refractivity contribution in [3.05, 3.63) is 35.9 Å². The van der Waals surface area contributed by atoms with Crippen molar-refractivity contribution in [2.24, 2.45) is 0 Å². The van der Waals surface area contributed by atoms with Gasteiger partial charge in [-0.25, -0.2) is 4.79 Å². The van der Waals surface area contributed by atoms with Crippen molar-refractivity contribution in [2.45, 2.75) is 51.0 Å². The van der Waals surface area contributed by atoms with Gasteiger partial charge in [0.15, 0.2) is 0 Å². The highest BCUT2D eigenvalue weighted by Gasteiger charge is 2.37. The highest BCUT2D eigenvalue weighted by molar-refractivity contribution is 6.04. The van der Waals surface area contributed by atoms with Gasteiger partial charge in [0.1, 0.15) is 6.04 Å². The molecule has 1 aromatic rings. The summed E-state index contributed by atoms with van der Waals surface area (Å²) < 4.78 is 0. The first-order valence-corrected chi connectivity index (χ1v) is 9.59. The number of rotatable bonds is 6. The second-order valence-electron chi connectivity index (χ2n) is 7.06. The normalized spacial score (nSPS) is 20.8. The molecule has 0 unspecified atom stereocenters. The van der Waals surface area contributed by atoms with Gasteiger partial charge in [-0.05, 0) is 31.2 Å². The van der Waals surface area contributed by atoms with Gasteiger partial charge in [-0.2, -0.15) is 0 Å². The van der Waals surface area contributed by atoms with E-state index < -0.39 is 6.04 Å². The van der Waals surface area contributed by atoms with Crippen LogP contribution >= 0.6 is 0 Å². The molecule has 1 N–H and O–H groups in total. The average molecular weight is 357 g/mol. The minimum atomic E-state index is -0.575. The van der Waals surface area contributed by atoms with E-state index >= 15 is 0 Å². The van der Waals surface area contributed by atoms with Gasteiger partial charge in [-0.3, -0.25) is 14.5 Å². The molecule has 1 atom stereocenters. The summed E-state index contributed by atoms with van der Waals surface area (Å²) in [7, 11) is 0. The first-order valence-electron chi connectivity index (χ1n) is 9.59. The van der Waals surface area contributed by atoms with Gasteiger partial charge in [0.05, 0.1) is 0 Å². The summed E-state index contributed by atoms with van der Waals surface area (Å²) in [6, 6.07) is 8.87. The van der Waals surface area contributed by atoms with Crippen molar-refractivity contribution < 1.29 is 14.4 Å². The highest BCUT2D eigenvalue weighted by Crippen LogP contribution is 2.15. The van der Waals surface area contributed by atoms with E-state index in [1.807, 2.05) is 35.2 Å². The standard InChI is InChI=1S/C20H27N3O3/c24-18(22-13-6-1-2-7-14-22)11-10-17-19(25)23(20(26)21-17)15-12-16-8-4-3-5-9-16/h3-5,8-9,17H,1-2,6-7,10-15H2,(H,21,26)/t17-/m1/s1. The molecule has 6 heteroatoms. The number of imide groups is 1. The summed E-state index contributed by atoms with van der Waals surface area (Å²) in [6.45, 7) is 1.99. The predicted octanol–water partition coefficient (Wildman–Crippen LogP) is 2.33. The van der Waals surface area contributed by atoms with Crippen LogP contribution in [-0.4, -0.2) is 53.3 Å². The van der Waals surface area contributed by atoms with E-state index in [-0.39, 0.29) is 17.8 Å². The molecule has 140 valence electrons. The van der Waals surface area contributed by atoms with E-state index in [2.05, 4.69) is 5.32 Å². The van der Waals surface area contributed by atoms with Crippen LogP contribution in [0.3, 0.4) is 0 Å². The van der Waals surface area contributed by atoms with Gasteiger partial charge in [0, 0.05) is 26.1 Å². The summed E-state index contributed by atoms with van der Waals surface area (Å²) in [6.07, 6.45) is 5.79. The number of nitrogens with one attached hydrogen (secondary N) is 1. The van der Waals surface area contributed by atoms with Crippen molar-refractivity contribution in [1.29, 1.82) is 0 Å². The highest BCUT2D eigenvalue weighted by atomic mass is 16.2. The van der Waals surface area contributed by atoms with E-state index in [1.165, 1.54) is 17.7 Å². The molecule has 1 aromatic carbocycles. The van der Waals surface area contributed by atoms with Crippen LogP contribution in [0.15, 0.2) is 30.3 Å². The zero-order chi connectivity index (χ0) is 18.4. The Morgan fingerprint density at radius 3 is 2.42 bits per heavy atom. The van der Waals surface area contributed by atoms with Crippen LogP contribution in [0.4, 0.5) is 4.79 Å². The molecular weight excluding hydrogens is 330 g/mol. The lowest BCUT2D eigenvalue weighted by molar-refractivity contribution is -0.131. The predicted molar refractivity (Wildman–Crippen MR) is 98.5 cm³/mol. The molecule has 4 amide bonds. The zero-order valence-corrected chi connectivity index (χ0v) is 15.2. The molecule has 0 aromatic heterocycles. The third-order valence-corrected chi connectivity index (χ3v) is 5.18. The van der Waals surface area contributed by atoms with Crippen LogP contribution in [0.25, 0.3) is 0 Å². The number of urea groups is 1. The van der Waals surface area contributed by atoms with Crippen LogP contribution in [0.1, 0.15) is 44.1 Å². The maximum absolute atomic E-state index is 12.5. The fraction of sp³-hybridized carbons (Fsp3) is 0.550. The molecule has 2 heterocycles. The lowest BCUT2D eigenvalue weighted by Crippen LogP contribution is -2.35. The first kappa shape index (κ1) is 18.4. The molecule has 3 rings (SSSR count). The molecule has 0 aliphatic carbocycles. The summed E-state index contributed by atoms with van der Waals surface area (Å²) in [4.78, 5) is 40.2. The van der Waals surface area contributed by atoms with Crippen LogP contribution in [0.2, 0.25) is 0 Å². The van der Waals surface area contributed by atoms with Crippen molar-refractivity contribution in [3.8, 4) is 0 Å². The molecule has 0 spiro atoms. The van der Waals surface area contributed by atoms with Crippen LogP contribution in [0, 0.1) is 0 Å². The number of amides is 4. The van der Waals surface area contributed by atoms with Gasteiger partial charge in [-0.1, -0.05) is 43.2 Å². The SMILES string of the molecule is O=C(CC[C@H]1NC(=O)N(CCc2ccccc2)C1=O)N1CCCCCC1. The molecule has 0 radical (unpaired) electrons. The van der Waals surface area contributed by atoms with Crippen LogP contribution in [-0.2, 0) is 16.0 Å². The third kappa shape index (κ3) is 4.62. The molecule has 2 aliphatic rings. The Hall–Kier alpha value is -2.37. The molecule has 0 saturated carbocycles. The minimum Gasteiger partial charge on any atom is -0.343 e. The number of likely N-dealkylation sites (tertiary alicyclic amines) is 1. The number of carbonyl (C=O) groups is 3. The monoisotopic (exact) mass is 357 g/mol. The van der Waals surface area contributed by atoms with Gasteiger partial charge in [0.25, 0.3) is 5.91 Å². The summed E-state index contributed by atoms with van der Waals surface area (Å²) in [5.41, 5.74) is 1.09. The molecule has 0 bridgehead atoms. The number of nitrogens with zero attached hydrogens (tertiary/aromatic N) is 2. The maximum Gasteiger partial charge on any atom is 0.324 e. The Morgan fingerprint density at radius 1 is 1.04 bits per heavy atom. The van der Waals surface area contributed by atoms with E-state index in [9.17, 15) is 14.4 Å². The topological polar surface area (TPSA) is 69.7 Å². The second kappa shape index (κ2) is 8.83. The lowest BCUT2D eigenvalue weighted by atomic mass is 10.1. The summed E-state index contributed by atoms with van der Waals surface area (Å²) in [5.74, 6) is -0.119. The molecule has 2 saturated heterocycles. The minimum absolute atomic E-state index is 0.0942. The Bertz CT molecular complexity index is 639. The first-order chi connectivity index (χ1) is 12.6. The quantitative estimate of drug-likeness (QED) is 0.795. The molecular formula is C20H27N3O3. The van der Waals surface area contributed by atoms with Gasteiger partial charge in [0.2, 0.25) is 5.91 Å². The molecule has 2 aliphatic heterocycles. The fourth-order valence-electron chi connectivity index (χ4n) is 3.62. The van der Waals surface area contributed by atoms with E-state index in [0.29, 0.717) is 25.8 Å². The molecule has 2 fully saturated rings. The number of hydrogen-bond donors (Lipinski definition) is 1. The van der Waals surface area contributed by atoms with Crippen molar-refractivity contribution >= 4 is 17.8 Å². The van der Waals surface area contributed by atoms with E-state index in [0.717, 1.165) is 31.5 Å². The maximum atomic E-state index is 12.5. The van der Waals surface area contributed by atoms with E-state index in [1.54, 1.807) is 0 Å². The average Bonchev–Trinajstić information content (AvgIpc) is 2.85. The second-order valence-corrected chi connectivity index (χ2v) is 7.06. The summed E-state index contributed by atoms with van der Waals surface area (Å²) >= 11 is 0. The zero-order valence-electron chi connectivity index (χ0n) is 15.2. The largest absolute Gasteiger partial charge is 0.343 e. The Balaban J connectivity index is 1.47. The van der Waals surface area contributed by atoms with Crippen molar-refractivity contribution in [1.82, 2.24) is 15.1 Å². The Labute approximate surface area is 154 Å². The number of hydrogen-bond acceptors (Lipinski definition) is 3. The smallest absolute Gasteiger partial charge is 0.324 e. The molecule has 26 heavy (non-hydrogen) atoms. The Kier molecular flexibility index (Phi) is 6.26. The summed E-state index contributed by atoms with van der Waals surface area (Å²) in [5, 5.41) is 2.73. The molecule has 6 nitrogen and oxygen atoms in total. The van der Waals surface area contributed by atoms with Gasteiger partial charge in [-0.15, -0.1) is 0 Å².